The van der Waals surface area contributed by atoms with Gasteiger partial charge in [-0.05, 0) is 12.1 Å². The normalized spacial score (nSPS) is 10.3. The molecule has 0 radical (unpaired) electrons. The van der Waals surface area contributed by atoms with E-state index < -0.39 is 4.92 Å². The monoisotopic (exact) mass is 265 g/mol. The molecule has 7 nitrogen and oxygen atoms in total. The van der Waals surface area contributed by atoms with Gasteiger partial charge in [0.1, 0.15) is 0 Å². The molecule has 0 fully saturated rings. The molecule has 0 saturated carbocycles. The smallest absolute Gasteiger partial charge is 0.280 e. The molecule has 0 amide bonds. The molecule has 0 spiro atoms. The lowest BCUT2D eigenvalue weighted by molar-refractivity contribution is -0.384. The summed E-state index contributed by atoms with van der Waals surface area (Å²) < 4.78 is 1.61. The molecule has 3 rings (SSSR count). The van der Waals surface area contributed by atoms with Gasteiger partial charge < -0.3 is 0 Å². The van der Waals surface area contributed by atoms with Crippen LogP contribution in [0, 0.1) is 21.4 Å². The topological polar surface area (TPSA) is 97.1 Å². The van der Waals surface area contributed by atoms with Crippen molar-refractivity contribution in [3.05, 3.63) is 58.3 Å². The highest BCUT2D eigenvalue weighted by molar-refractivity contribution is 5.70. The van der Waals surface area contributed by atoms with Crippen LogP contribution in [0.2, 0.25) is 0 Å². The Bertz CT molecular complexity index is 863. The third kappa shape index (κ3) is 1.76. The molecule has 96 valence electrons. The fourth-order valence-electron chi connectivity index (χ4n) is 1.97. The zero-order valence-electron chi connectivity index (χ0n) is 10.1. The number of aromatic nitrogens is 3. The van der Waals surface area contributed by atoms with Crippen LogP contribution in [0.5, 0.6) is 0 Å². The average molecular weight is 265 g/mol. The van der Waals surface area contributed by atoms with E-state index in [0.29, 0.717) is 22.6 Å². The number of pyridine rings is 1. The Morgan fingerprint density at radius 2 is 2.05 bits per heavy atom. The van der Waals surface area contributed by atoms with E-state index in [0.717, 1.165) is 0 Å². The SMILES string of the molecule is N#Cc1ccn2c(-c3ccccc3[N+](=O)[O-])nnc2c1. The van der Waals surface area contributed by atoms with Crippen LogP contribution in [0.1, 0.15) is 5.56 Å². The number of hydrogen-bond donors (Lipinski definition) is 0. The summed E-state index contributed by atoms with van der Waals surface area (Å²) in [5, 5.41) is 27.8. The van der Waals surface area contributed by atoms with Gasteiger partial charge in [0.15, 0.2) is 11.5 Å². The number of fused-ring (bicyclic) bond motifs is 1. The van der Waals surface area contributed by atoms with Crippen LogP contribution in [-0.4, -0.2) is 19.5 Å². The summed E-state index contributed by atoms with van der Waals surface area (Å²) in [4.78, 5) is 10.6. The van der Waals surface area contributed by atoms with Gasteiger partial charge in [0, 0.05) is 18.3 Å². The molecule has 0 atom stereocenters. The Morgan fingerprint density at radius 1 is 1.25 bits per heavy atom. The van der Waals surface area contributed by atoms with Crippen LogP contribution < -0.4 is 0 Å². The number of para-hydroxylation sites is 1. The lowest BCUT2D eigenvalue weighted by Crippen LogP contribution is -1.95. The van der Waals surface area contributed by atoms with Gasteiger partial charge >= 0.3 is 0 Å². The molecule has 20 heavy (non-hydrogen) atoms. The van der Waals surface area contributed by atoms with Crippen LogP contribution >= 0.6 is 0 Å². The first kappa shape index (κ1) is 11.8. The number of nitro groups is 1. The molecular formula is C13H7N5O2. The van der Waals surface area contributed by atoms with E-state index in [-0.39, 0.29) is 5.69 Å². The Kier molecular flexibility index (Phi) is 2.62. The van der Waals surface area contributed by atoms with Gasteiger partial charge in [-0.15, -0.1) is 10.2 Å². The van der Waals surface area contributed by atoms with Crippen LogP contribution in [0.25, 0.3) is 17.0 Å². The first-order valence-electron chi connectivity index (χ1n) is 5.69. The second kappa shape index (κ2) is 4.44. The van der Waals surface area contributed by atoms with E-state index in [1.165, 1.54) is 6.07 Å². The number of benzene rings is 1. The van der Waals surface area contributed by atoms with E-state index in [4.69, 9.17) is 5.26 Å². The second-order valence-electron chi connectivity index (χ2n) is 4.05. The Morgan fingerprint density at radius 3 is 2.80 bits per heavy atom. The number of nitro benzene ring substituents is 1. The summed E-state index contributed by atoms with van der Waals surface area (Å²) in [5.41, 5.74) is 1.28. The van der Waals surface area contributed by atoms with E-state index in [1.807, 2.05) is 6.07 Å². The molecule has 3 aromatic rings. The molecule has 0 saturated heterocycles. The van der Waals surface area contributed by atoms with Crippen molar-refractivity contribution in [3.8, 4) is 17.5 Å². The zero-order chi connectivity index (χ0) is 14.1. The molecule has 2 heterocycles. The molecule has 0 bridgehead atoms. The molecule has 0 aliphatic carbocycles. The Balaban J connectivity index is 2.26. The van der Waals surface area contributed by atoms with Crippen molar-refractivity contribution in [2.45, 2.75) is 0 Å². The van der Waals surface area contributed by atoms with E-state index >= 15 is 0 Å². The fraction of sp³-hybridized carbons (Fsp3) is 0. The minimum atomic E-state index is -0.458. The third-order valence-corrected chi connectivity index (χ3v) is 2.88. The van der Waals surface area contributed by atoms with Gasteiger partial charge in [-0.25, -0.2) is 0 Å². The van der Waals surface area contributed by atoms with Crippen molar-refractivity contribution < 1.29 is 4.92 Å². The van der Waals surface area contributed by atoms with Crippen molar-refractivity contribution in [2.75, 3.05) is 0 Å². The van der Waals surface area contributed by atoms with Gasteiger partial charge in [-0.1, -0.05) is 12.1 Å². The summed E-state index contributed by atoms with van der Waals surface area (Å²) in [5.74, 6) is 0.372. The van der Waals surface area contributed by atoms with Crippen molar-refractivity contribution in [2.24, 2.45) is 0 Å². The van der Waals surface area contributed by atoms with Crippen molar-refractivity contribution in [1.82, 2.24) is 14.6 Å². The van der Waals surface area contributed by atoms with Crippen LogP contribution in [-0.2, 0) is 0 Å². The lowest BCUT2D eigenvalue weighted by atomic mass is 10.1. The maximum atomic E-state index is 11.1. The Hall–Kier alpha value is -3.27. The molecule has 1 aromatic carbocycles. The molecule has 2 aromatic heterocycles. The molecule has 7 heteroatoms. The highest BCUT2D eigenvalue weighted by Gasteiger charge is 2.18. The van der Waals surface area contributed by atoms with Crippen LogP contribution in [0.3, 0.4) is 0 Å². The summed E-state index contributed by atoms with van der Waals surface area (Å²) in [6.45, 7) is 0. The maximum Gasteiger partial charge on any atom is 0.280 e. The van der Waals surface area contributed by atoms with Crippen LogP contribution in [0.15, 0.2) is 42.6 Å². The van der Waals surface area contributed by atoms with Crippen LogP contribution in [0.4, 0.5) is 5.69 Å². The molecule has 0 N–H and O–H groups in total. The van der Waals surface area contributed by atoms with Gasteiger partial charge in [-0.3, -0.25) is 14.5 Å². The molecular weight excluding hydrogens is 258 g/mol. The number of nitrogens with zero attached hydrogens (tertiary/aromatic N) is 5. The van der Waals surface area contributed by atoms with Gasteiger partial charge in [0.2, 0.25) is 0 Å². The number of rotatable bonds is 2. The average Bonchev–Trinajstić information content (AvgIpc) is 2.89. The predicted octanol–water partition coefficient (Wildman–Crippen LogP) is 2.18. The summed E-state index contributed by atoms with van der Waals surface area (Å²) in [7, 11) is 0. The summed E-state index contributed by atoms with van der Waals surface area (Å²) >= 11 is 0. The van der Waals surface area contributed by atoms with Crippen molar-refractivity contribution >= 4 is 11.3 Å². The lowest BCUT2D eigenvalue weighted by Gasteiger charge is -2.01. The summed E-state index contributed by atoms with van der Waals surface area (Å²) in [6.07, 6.45) is 1.62. The van der Waals surface area contributed by atoms with E-state index in [9.17, 15) is 10.1 Å². The van der Waals surface area contributed by atoms with Gasteiger partial charge in [0.25, 0.3) is 5.69 Å². The first-order valence-corrected chi connectivity index (χ1v) is 5.69. The highest BCUT2D eigenvalue weighted by Crippen LogP contribution is 2.28. The quantitative estimate of drug-likeness (QED) is 0.522. The highest BCUT2D eigenvalue weighted by atomic mass is 16.6. The van der Waals surface area contributed by atoms with Crippen molar-refractivity contribution in [1.29, 1.82) is 5.26 Å². The van der Waals surface area contributed by atoms with E-state index in [1.54, 1.807) is 40.9 Å². The summed E-state index contributed by atoms with van der Waals surface area (Å²) in [6, 6.07) is 11.5. The zero-order valence-corrected chi connectivity index (χ0v) is 10.1. The molecule has 0 aliphatic rings. The van der Waals surface area contributed by atoms with Gasteiger partial charge in [0.05, 0.1) is 22.1 Å². The predicted molar refractivity (Wildman–Crippen MR) is 69.8 cm³/mol. The standard InChI is InChI=1S/C13H7N5O2/c14-8-9-5-6-17-12(7-9)15-16-13(17)10-3-1-2-4-11(10)18(19)20/h1-7H. The molecule has 0 aliphatic heterocycles. The third-order valence-electron chi connectivity index (χ3n) is 2.88. The number of nitriles is 1. The van der Waals surface area contributed by atoms with Gasteiger partial charge in [-0.2, -0.15) is 5.26 Å². The Labute approximate surface area is 112 Å². The molecule has 0 unspecified atom stereocenters. The first-order chi connectivity index (χ1) is 9.70. The largest absolute Gasteiger partial charge is 0.282 e. The maximum absolute atomic E-state index is 11.1. The van der Waals surface area contributed by atoms with Crippen molar-refractivity contribution in [3.63, 3.8) is 0 Å². The van der Waals surface area contributed by atoms with E-state index in [2.05, 4.69) is 10.2 Å². The minimum Gasteiger partial charge on any atom is -0.282 e. The minimum absolute atomic E-state index is 0.0360. The fourth-order valence-corrected chi connectivity index (χ4v) is 1.97. The number of hydrogen-bond acceptors (Lipinski definition) is 5. The second-order valence-corrected chi connectivity index (χ2v) is 4.05.